The number of aromatic amines is 1. The number of H-pyrrole nitrogens is 1. The maximum atomic E-state index is 11.7. The van der Waals surface area contributed by atoms with Crippen molar-refractivity contribution in [2.75, 3.05) is 18.7 Å². The van der Waals surface area contributed by atoms with Gasteiger partial charge >= 0.3 is 7.60 Å². The molecule has 2 aromatic rings. The number of nitrogen functional groups attached to an aromatic ring is 1. The van der Waals surface area contributed by atoms with Crippen LogP contribution in [0.3, 0.4) is 0 Å². The first-order chi connectivity index (χ1) is 10.8. The molecule has 1 aliphatic rings. The maximum absolute atomic E-state index is 11.7. The van der Waals surface area contributed by atoms with E-state index >= 15 is 0 Å². The second-order valence-electron chi connectivity index (χ2n) is 5.23. The molecule has 1 saturated heterocycles. The predicted octanol–water partition coefficient (Wildman–Crippen LogP) is -0.469. The third kappa shape index (κ3) is 3.59. The lowest BCUT2D eigenvalue weighted by atomic mass is 10.2. The van der Waals surface area contributed by atoms with E-state index in [1.165, 1.54) is 6.33 Å². The van der Waals surface area contributed by atoms with Gasteiger partial charge in [-0.2, -0.15) is 4.98 Å². The van der Waals surface area contributed by atoms with E-state index < -0.39 is 25.7 Å². The quantitative estimate of drug-likeness (QED) is 0.524. The molecule has 1 aliphatic heterocycles. The molecule has 12 heteroatoms. The molecule has 3 heterocycles. The van der Waals surface area contributed by atoms with E-state index in [-0.39, 0.29) is 24.2 Å². The zero-order valence-corrected chi connectivity index (χ0v) is 12.8. The highest BCUT2D eigenvalue weighted by molar-refractivity contribution is 7.51. The van der Waals surface area contributed by atoms with Gasteiger partial charge in [0.25, 0.3) is 5.56 Å². The Balaban J connectivity index is 1.70. The Bertz CT molecular complexity index is 813. The van der Waals surface area contributed by atoms with Gasteiger partial charge in [-0.3, -0.25) is 18.9 Å². The lowest BCUT2D eigenvalue weighted by Gasteiger charge is -2.15. The Kier molecular flexibility index (Phi) is 4.21. The molecule has 0 aliphatic carbocycles. The molecule has 5 N–H and O–H groups in total. The van der Waals surface area contributed by atoms with Crippen LogP contribution >= 0.6 is 7.60 Å². The highest BCUT2D eigenvalue weighted by atomic mass is 31.2. The maximum Gasteiger partial charge on any atom is 0.350 e. The lowest BCUT2D eigenvalue weighted by Crippen LogP contribution is -2.18. The van der Waals surface area contributed by atoms with Crippen molar-refractivity contribution in [3.8, 4) is 0 Å². The molecule has 0 unspecified atom stereocenters. The Hall–Kier alpha value is -1.78. The van der Waals surface area contributed by atoms with Crippen molar-refractivity contribution >= 4 is 24.7 Å². The standard InChI is InChI=1S/C11H16N5O6P/c12-11-14-9-8(10(17)15-11)13-4-16(9)7-2-1-6(22-7)3-21-5-23(18,19)20/h4,6-7H,1-3,5H2,(H2,18,19,20)(H3,12,14,15,17)/t6-,7+/m0/s1. The van der Waals surface area contributed by atoms with Crippen LogP contribution < -0.4 is 11.3 Å². The van der Waals surface area contributed by atoms with Crippen molar-refractivity contribution in [2.24, 2.45) is 0 Å². The molecule has 23 heavy (non-hydrogen) atoms. The summed E-state index contributed by atoms with van der Waals surface area (Å²) in [5.41, 5.74) is 5.61. The van der Waals surface area contributed by atoms with Crippen molar-refractivity contribution < 1.29 is 23.8 Å². The Morgan fingerprint density at radius 1 is 1.52 bits per heavy atom. The van der Waals surface area contributed by atoms with E-state index in [1.54, 1.807) is 4.57 Å². The summed E-state index contributed by atoms with van der Waals surface area (Å²) in [7, 11) is -4.18. The molecule has 2 aromatic heterocycles. The van der Waals surface area contributed by atoms with Gasteiger partial charge in [0.1, 0.15) is 12.6 Å². The lowest BCUT2D eigenvalue weighted by molar-refractivity contribution is -0.0344. The molecule has 11 nitrogen and oxygen atoms in total. The van der Waals surface area contributed by atoms with Gasteiger partial charge in [0.05, 0.1) is 19.0 Å². The van der Waals surface area contributed by atoms with Gasteiger partial charge < -0.3 is 25.0 Å². The fraction of sp³-hybridized carbons (Fsp3) is 0.545. The zero-order valence-electron chi connectivity index (χ0n) is 12.0. The topological polar surface area (TPSA) is 166 Å². The molecule has 0 saturated carbocycles. The van der Waals surface area contributed by atoms with Crippen LogP contribution in [0, 0.1) is 0 Å². The minimum absolute atomic E-state index is 0.0104. The molecule has 3 rings (SSSR count). The fourth-order valence-electron chi connectivity index (χ4n) is 2.47. The monoisotopic (exact) mass is 345 g/mol. The number of nitrogens with zero attached hydrogens (tertiary/aromatic N) is 3. The number of hydrogen-bond donors (Lipinski definition) is 4. The number of hydrogen-bond acceptors (Lipinski definition) is 7. The second-order valence-corrected chi connectivity index (χ2v) is 6.82. The molecule has 0 radical (unpaired) electrons. The van der Waals surface area contributed by atoms with Gasteiger partial charge in [-0.25, -0.2) is 4.98 Å². The van der Waals surface area contributed by atoms with Gasteiger partial charge in [-0.05, 0) is 12.8 Å². The van der Waals surface area contributed by atoms with Crippen LogP contribution in [0.4, 0.5) is 5.95 Å². The number of nitrogens with two attached hydrogens (primary N) is 1. The summed E-state index contributed by atoms with van der Waals surface area (Å²) in [5.74, 6) is -0.0104. The normalized spacial score (nSPS) is 22.0. The molecule has 1 fully saturated rings. The van der Waals surface area contributed by atoms with Gasteiger partial charge in [0, 0.05) is 0 Å². The molecular formula is C11H16N5O6P. The second kappa shape index (κ2) is 6.02. The van der Waals surface area contributed by atoms with Crippen molar-refractivity contribution in [3.63, 3.8) is 0 Å². The van der Waals surface area contributed by atoms with Gasteiger partial charge in [-0.1, -0.05) is 0 Å². The van der Waals surface area contributed by atoms with E-state index in [9.17, 15) is 9.36 Å². The van der Waals surface area contributed by atoms with Gasteiger partial charge in [0.2, 0.25) is 5.95 Å². The van der Waals surface area contributed by atoms with Crippen LogP contribution in [-0.2, 0) is 14.0 Å². The van der Waals surface area contributed by atoms with Gasteiger partial charge in [-0.15, -0.1) is 0 Å². The van der Waals surface area contributed by atoms with E-state index in [2.05, 4.69) is 15.0 Å². The number of rotatable bonds is 5. The molecule has 0 spiro atoms. The van der Waals surface area contributed by atoms with Crippen molar-refractivity contribution in [3.05, 3.63) is 16.7 Å². The van der Waals surface area contributed by atoms with Crippen molar-refractivity contribution in [1.29, 1.82) is 0 Å². The SMILES string of the molecule is Nc1nc2c(ncn2[C@H]2CC[C@@H](COCP(=O)(O)O)O2)c(=O)[nH]1. The first kappa shape index (κ1) is 16.1. The van der Waals surface area contributed by atoms with E-state index in [1.807, 2.05) is 0 Å². The third-order valence-corrected chi connectivity index (χ3v) is 3.93. The van der Waals surface area contributed by atoms with Crippen molar-refractivity contribution in [1.82, 2.24) is 19.5 Å². The number of anilines is 1. The summed E-state index contributed by atoms with van der Waals surface area (Å²) in [6, 6.07) is 0. The molecule has 2 atom stereocenters. The summed E-state index contributed by atoms with van der Waals surface area (Å²) in [6.07, 6.45) is 1.39. The summed E-state index contributed by atoms with van der Waals surface area (Å²) in [4.78, 5) is 39.7. The first-order valence-electron chi connectivity index (χ1n) is 6.83. The Morgan fingerprint density at radius 3 is 3.04 bits per heavy atom. The van der Waals surface area contributed by atoms with Crippen LogP contribution in [0.5, 0.6) is 0 Å². The van der Waals surface area contributed by atoms with Crippen molar-refractivity contribution in [2.45, 2.75) is 25.2 Å². The molecule has 0 amide bonds. The number of imidazole rings is 1. The highest BCUT2D eigenvalue weighted by Gasteiger charge is 2.29. The summed E-state index contributed by atoms with van der Waals surface area (Å²) < 4.78 is 23.1. The largest absolute Gasteiger partial charge is 0.369 e. The van der Waals surface area contributed by atoms with Crippen LogP contribution in [0.2, 0.25) is 0 Å². The van der Waals surface area contributed by atoms with E-state index in [0.29, 0.717) is 18.5 Å². The van der Waals surface area contributed by atoms with Crippen LogP contribution in [-0.4, -0.2) is 48.4 Å². The van der Waals surface area contributed by atoms with Crippen LogP contribution in [0.1, 0.15) is 19.1 Å². The minimum Gasteiger partial charge on any atom is -0.369 e. The number of aromatic nitrogens is 4. The Morgan fingerprint density at radius 2 is 2.30 bits per heavy atom. The van der Waals surface area contributed by atoms with Crippen LogP contribution in [0.15, 0.2) is 11.1 Å². The molecular weight excluding hydrogens is 329 g/mol. The zero-order chi connectivity index (χ0) is 16.6. The molecule has 0 aromatic carbocycles. The first-order valence-corrected chi connectivity index (χ1v) is 8.63. The Labute approximate surface area is 129 Å². The average Bonchev–Trinajstić information content (AvgIpc) is 3.03. The number of nitrogens with one attached hydrogen (secondary N) is 1. The molecule has 126 valence electrons. The average molecular weight is 345 g/mol. The van der Waals surface area contributed by atoms with Crippen LogP contribution in [0.25, 0.3) is 11.2 Å². The fourth-order valence-corrected chi connectivity index (χ4v) is 2.81. The summed E-state index contributed by atoms with van der Waals surface area (Å²) >= 11 is 0. The minimum atomic E-state index is -4.18. The summed E-state index contributed by atoms with van der Waals surface area (Å²) in [6.45, 7) is 0.0738. The predicted molar refractivity (Wildman–Crippen MR) is 78.6 cm³/mol. The highest BCUT2D eigenvalue weighted by Crippen LogP contribution is 2.35. The smallest absolute Gasteiger partial charge is 0.350 e. The number of fused-ring (bicyclic) bond motifs is 1. The molecule has 0 bridgehead atoms. The summed E-state index contributed by atoms with van der Waals surface area (Å²) in [5, 5.41) is 0. The number of ether oxygens (including phenoxy) is 2. The van der Waals surface area contributed by atoms with E-state index in [4.69, 9.17) is 25.0 Å². The van der Waals surface area contributed by atoms with Gasteiger partial charge in [0.15, 0.2) is 11.2 Å². The third-order valence-electron chi connectivity index (χ3n) is 3.41. The van der Waals surface area contributed by atoms with E-state index in [0.717, 1.165) is 0 Å².